The molecule has 1 aromatic rings. The van der Waals surface area contributed by atoms with E-state index in [1.807, 2.05) is 0 Å². The normalized spacial score (nSPS) is 30.6. The summed E-state index contributed by atoms with van der Waals surface area (Å²) in [5.41, 5.74) is -0.738. The van der Waals surface area contributed by atoms with Crippen LogP contribution in [-0.4, -0.2) is 16.1 Å². The lowest BCUT2D eigenvalue weighted by Gasteiger charge is -1.96. The van der Waals surface area contributed by atoms with E-state index in [1.54, 1.807) is 0 Å². The standard InChI is InChI=1S/C11H11F2NO3/c12-9(13)7-8(11(15)16)17-10(14-7)6-4-2-1-3-5(4)6/h4-6,9H,1-3H2,(H,15,16). The van der Waals surface area contributed by atoms with Crippen molar-refractivity contribution in [3.63, 3.8) is 0 Å². The SMILES string of the molecule is O=C(O)c1oc(C2C3CCCC32)nc1C(F)F. The zero-order chi connectivity index (χ0) is 12.2. The maximum absolute atomic E-state index is 12.6. The molecule has 1 heterocycles. The summed E-state index contributed by atoms with van der Waals surface area (Å²) >= 11 is 0. The maximum Gasteiger partial charge on any atom is 0.374 e. The molecule has 92 valence electrons. The number of aromatic carboxylic acids is 1. The molecule has 2 saturated carbocycles. The molecule has 2 aliphatic carbocycles. The van der Waals surface area contributed by atoms with Crippen molar-refractivity contribution >= 4 is 5.97 Å². The lowest BCUT2D eigenvalue weighted by molar-refractivity contribution is 0.0644. The fraction of sp³-hybridized carbons (Fsp3) is 0.636. The predicted octanol–water partition coefficient (Wildman–Crippen LogP) is 2.82. The number of fused-ring (bicyclic) bond motifs is 1. The Balaban J connectivity index is 1.91. The number of alkyl halides is 2. The Morgan fingerprint density at radius 1 is 1.41 bits per heavy atom. The number of rotatable bonds is 3. The molecule has 2 unspecified atom stereocenters. The molecule has 2 fully saturated rings. The third-order valence-electron chi connectivity index (χ3n) is 3.76. The number of hydrogen-bond donors (Lipinski definition) is 1. The molecule has 0 aromatic carbocycles. The monoisotopic (exact) mass is 243 g/mol. The van der Waals surface area contributed by atoms with Crippen molar-refractivity contribution < 1.29 is 23.1 Å². The third-order valence-corrected chi connectivity index (χ3v) is 3.76. The van der Waals surface area contributed by atoms with Gasteiger partial charge in [-0.25, -0.2) is 18.6 Å². The van der Waals surface area contributed by atoms with E-state index < -0.39 is 23.8 Å². The van der Waals surface area contributed by atoms with E-state index in [0.29, 0.717) is 11.8 Å². The van der Waals surface area contributed by atoms with Crippen molar-refractivity contribution in [2.75, 3.05) is 0 Å². The van der Waals surface area contributed by atoms with Crippen LogP contribution in [0.15, 0.2) is 4.42 Å². The Morgan fingerprint density at radius 3 is 2.53 bits per heavy atom. The second kappa shape index (κ2) is 3.51. The number of carboxylic acids is 1. The molecule has 0 aliphatic heterocycles. The number of nitrogens with zero attached hydrogens (tertiary/aromatic N) is 1. The molecule has 3 rings (SSSR count). The summed E-state index contributed by atoms with van der Waals surface area (Å²) < 4.78 is 30.2. The molecule has 1 aromatic heterocycles. The first-order valence-electron chi connectivity index (χ1n) is 5.61. The summed E-state index contributed by atoms with van der Waals surface area (Å²) in [6, 6.07) is 0. The van der Waals surface area contributed by atoms with Crippen LogP contribution in [0, 0.1) is 11.8 Å². The highest BCUT2D eigenvalue weighted by molar-refractivity contribution is 5.85. The Bertz CT molecular complexity index is 461. The fourth-order valence-corrected chi connectivity index (χ4v) is 2.98. The summed E-state index contributed by atoms with van der Waals surface area (Å²) in [7, 11) is 0. The summed E-state index contributed by atoms with van der Waals surface area (Å²) in [5, 5.41) is 8.77. The second-order valence-corrected chi connectivity index (χ2v) is 4.66. The third kappa shape index (κ3) is 1.54. The van der Waals surface area contributed by atoms with Gasteiger partial charge in [0.1, 0.15) is 0 Å². The zero-order valence-electron chi connectivity index (χ0n) is 8.90. The first-order valence-corrected chi connectivity index (χ1v) is 5.61. The summed E-state index contributed by atoms with van der Waals surface area (Å²) in [6.45, 7) is 0. The first kappa shape index (κ1) is 10.7. The summed E-state index contributed by atoms with van der Waals surface area (Å²) in [4.78, 5) is 14.4. The minimum Gasteiger partial charge on any atom is -0.475 e. The molecule has 0 radical (unpaired) electrons. The molecule has 2 aliphatic rings. The molecule has 0 saturated heterocycles. The number of oxazole rings is 1. The van der Waals surface area contributed by atoms with E-state index >= 15 is 0 Å². The molecule has 0 amide bonds. The van der Waals surface area contributed by atoms with E-state index in [1.165, 1.54) is 0 Å². The number of aromatic nitrogens is 1. The minimum atomic E-state index is -2.91. The van der Waals surface area contributed by atoms with E-state index in [0.717, 1.165) is 19.3 Å². The number of carboxylic acid groups (broad SMARTS) is 1. The largest absolute Gasteiger partial charge is 0.475 e. The number of hydrogen-bond acceptors (Lipinski definition) is 3. The van der Waals surface area contributed by atoms with Crippen LogP contribution in [0.4, 0.5) is 8.78 Å². The van der Waals surface area contributed by atoms with Gasteiger partial charge in [0, 0.05) is 5.92 Å². The highest BCUT2D eigenvalue weighted by atomic mass is 19.3. The van der Waals surface area contributed by atoms with Gasteiger partial charge in [-0.15, -0.1) is 0 Å². The lowest BCUT2D eigenvalue weighted by Crippen LogP contribution is -1.99. The molecular formula is C11H11F2NO3. The van der Waals surface area contributed by atoms with Crippen molar-refractivity contribution in [3.8, 4) is 0 Å². The smallest absolute Gasteiger partial charge is 0.374 e. The van der Waals surface area contributed by atoms with Crippen LogP contribution in [-0.2, 0) is 0 Å². The van der Waals surface area contributed by atoms with Crippen molar-refractivity contribution in [2.24, 2.45) is 11.8 Å². The predicted molar refractivity (Wildman–Crippen MR) is 52.0 cm³/mol. The van der Waals surface area contributed by atoms with Crippen LogP contribution in [0.1, 0.15) is 53.7 Å². The van der Waals surface area contributed by atoms with E-state index in [9.17, 15) is 13.6 Å². The van der Waals surface area contributed by atoms with Crippen molar-refractivity contribution in [3.05, 3.63) is 17.3 Å². The Labute approximate surface area is 95.6 Å². The first-order chi connectivity index (χ1) is 8.09. The molecule has 17 heavy (non-hydrogen) atoms. The van der Waals surface area contributed by atoms with Crippen molar-refractivity contribution in [2.45, 2.75) is 31.6 Å². The average Bonchev–Trinajstić information content (AvgIpc) is 2.73. The number of carbonyl (C=O) groups is 1. The quantitative estimate of drug-likeness (QED) is 0.886. The van der Waals surface area contributed by atoms with Gasteiger partial charge >= 0.3 is 5.97 Å². The van der Waals surface area contributed by atoms with Crippen LogP contribution >= 0.6 is 0 Å². The van der Waals surface area contributed by atoms with Gasteiger partial charge in [0.05, 0.1) is 0 Å². The maximum atomic E-state index is 12.6. The summed E-state index contributed by atoms with van der Waals surface area (Å²) in [5.74, 6) is -1.02. The van der Waals surface area contributed by atoms with Gasteiger partial charge < -0.3 is 9.52 Å². The van der Waals surface area contributed by atoms with Gasteiger partial charge in [-0.3, -0.25) is 0 Å². The van der Waals surface area contributed by atoms with Gasteiger partial charge in [-0.1, -0.05) is 6.42 Å². The minimum absolute atomic E-state index is 0.0642. The molecule has 2 atom stereocenters. The van der Waals surface area contributed by atoms with Gasteiger partial charge in [-0.2, -0.15) is 0 Å². The van der Waals surface area contributed by atoms with Crippen molar-refractivity contribution in [1.29, 1.82) is 0 Å². The topological polar surface area (TPSA) is 63.3 Å². The van der Waals surface area contributed by atoms with E-state index in [4.69, 9.17) is 9.52 Å². The van der Waals surface area contributed by atoms with Gasteiger partial charge in [0.2, 0.25) is 5.76 Å². The molecule has 0 bridgehead atoms. The molecule has 6 heteroatoms. The van der Waals surface area contributed by atoms with Crippen LogP contribution in [0.2, 0.25) is 0 Å². The van der Waals surface area contributed by atoms with Gasteiger partial charge in [0.15, 0.2) is 11.6 Å². The molecular weight excluding hydrogens is 232 g/mol. The van der Waals surface area contributed by atoms with E-state index in [2.05, 4.69) is 4.98 Å². The van der Waals surface area contributed by atoms with Crippen LogP contribution in [0.25, 0.3) is 0 Å². The second-order valence-electron chi connectivity index (χ2n) is 4.66. The average molecular weight is 243 g/mol. The Kier molecular flexibility index (Phi) is 2.21. The molecule has 0 spiro atoms. The fourth-order valence-electron chi connectivity index (χ4n) is 2.98. The number of halogens is 2. The van der Waals surface area contributed by atoms with Gasteiger partial charge in [0.25, 0.3) is 6.43 Å². The Morgan fingerprint density at radius 2 is 2.06 bits per heavy atom. The van der Waals surface area contributed by atoms with Crippen molar-refractivity contribution in [1.82, 2.24) is 4.98 Å². The lowest BCUT2D eigenvalue weighted by atomic mass is 10.1. The van der Waals surface area contributed by atoms with Crippen LogP contribution < -0.4 is 0 Å². The zero-order valence-corrected chi connectivity index (χ0v) is 8.90. The van der Waals surface area contributed by atoms with Crippen LogP contribution in [0.3, 0.4) is 0 Å². The highest BCUT2D eigenvalue weighted by Gasteiger charge is 2.56. The molecule has 1 N–H and O–H groups in total. The van der Waals surface area contributed by atoms with Crippen LogP contribution in [0.5, 0.6) is 0 Å². The van der Waals surface area contributed by atoms with E-state index in [-0.39, 0.29) is 11.8 Å². The van der Waals surface area contributed by atoms with Gasteiger partial charge in [-0.05, 0) is 24.7 Å². The highest BCUT2D eigenvalue weighted by Crippen LogP contribution is 2.63. The Hall–Kier alpha value is -1.46. The molecule has 4 nitrogen and oxygen atoms in total. The summed E-state index contributed by atoms with van der Waals surface area (Å²) in [6.07, 6.45) is 0.367.